The van der Waals surface area contributed by atoms with Gasteiger partial charge < -0.3 is 4.74 Å². The van der Waals surface area contributed by atoms with Crippen LogP contribution in [0.15, 0.2) is 54.6 Å². The monoisotopic (exact) mass is 183 g/mol. The summed E-state index contributed by atoms with van der Waals surface area (Å²) in [6.45, 7) is 3.81. The molecule has 0 spiro atoms. The van der Waals surface area contributed by atoms with Gasteiger partial charge in [-0.3, -0.25) is 0 Å². The lowest BCUT2D eigenvalue weighted by atomic mass is 10.2. The maximum Gasteiger partial charge on any atom is 0.127 e. The van der Waals surface area contributed by atoms with Crippen LogP contribution in [-0.2, 0) is 0 Å². The fraction of sp³-hybridized carbons (Fsp3) is 0. The molecule has 0 unspecified atom stereocenters. The van der Waals surface area contributed by atoms with Gasteiger partial charge in [0.2, 0.25) is 0 Å². The second kappa shape index (κ2) is 3.97. The van der Waals surface area contributed by atoms with Crippen LogP contribution in [0.4, 0.5) is 0 Å². The third-order valence-electron chi connectivity index (χ3n) is 1.90. The molecule has 0 heterocycles. The van der Waals surface area contributed by atoms with Gasteiger partial charge in [0.15, 0.2) is 0 Å². The summed E-state index contributed by atoms with van der Waals surface area (Å²) in [7, 11) is 0. The minimum absolute atomic E-state index is 0.837. The highest BCUT2D eigenvalue weighted by Gasteiger charge is 1.94. The molecule has 0 N–H and O–H groups in total. The summed E-state index contributed by atoms with van der Waals surface area (Å²) in [5.41, 5.74) is 0.991. The molecule has 2 aromatic carbocycles. The van der Waals surface area contributed by atoms with Gasteiger partial charge >= 0.3 is 0 Å². The maximum atomic E-state index is 5.61. The Balaban J connectivity index is 2.16. The van der Waals surface area contributed by atoms with Crippen LogP contribution in [0.1, 0.15) is 5.56 Å². The largest absolute Gasteiger partial charge is 0.457 e. The van der Waals surface area contributed by atoms with Crippen LogP contribution in [0.25, 0.3) is 0 Å². The Morgan fingerprint density at radius 1 is 0.714 bits per heavy atom. The lowest BCUT2D eigenvalue weighted by molar-refractivity contribution is 0.482. The molecule has 0 fully saturated rings. The zero-order valence-electron chi connectivity index (χ0n) is 7.81. The first-order valence-electron chi connectivity index (χ1n) is 4.49. The normalized spacial score (nSPS) is 9.79. The Labute approximate surface area is 84.0 Å². The lowest BCUT2D eigenvalue weighted by Gasteiger charge is -2.04. The zero-order chi connectivity index (χ0) is 9.80. The minimum Gasteiger partial charge on any atom is -0.457 e. The van der Waals surface area contributed by atoms with Crippen molar-refractivity contribution in [2.45, 2.75) is 0 Å². The smallest absolute Gasteiger partial charge is 0.127 e. The molecule has 0 atom stereocenters. The molecule has 0 amide bonds. The second-order valence-electron chi connectivity index (χ2n) is 3.06. The fourth-order valence-electron chi connectivity index (χ4n) is 1.18. The predicted molar refractivity (Wildman–Crippen MR) is 57.4 cm³/mol. The van der Waals surface area contributed by atoms with E-state index < -0.39 is 0 Å². The van der Waals surface area contributed by atoms with Crippen molar-refractivity contribution in [1.82, 2.24) is 0 Å². The van der Waals surface area contributed by atoms with E-state index in [0.29, 0.717) is 0 Å². The number of hydrogen-bond donors (Lipinski definition) is 0. The van der Waals surface area contributed by atoms with Gasteiger partial charge in [-0.25, -0.2) is 0 Å². The van der Waals surface area contributed by atoms with Crippen molar-refractivity contribution in [2.75, 3.05) is 0 Å². The molecule has 0 aromatic heterocycles. The number of rotatable bonds is 2. The molecule has 69 valence electrons. The molecule has 2 aromatic rings. The van der Waals surface area contributed by atoms with E-state index in [1.54, 1.807) is 0 Å². The summed E-state index contributed by atoms with van der Waals surface area (Å²) in [5.74, 6) is 1.69. The quantitative estimate of drug-likeness (QED) is 0.690. The van der Waals surface area contributed by atoms with Crippen molar-refractivity contribution in [3.63, 3.8) is 0 Å². The van der Waals surface area contributed by atoms with Crippen molar-refractivity contribution in [1.29, 1.82) is 0 Å². The van der Waals surface area contributed by atoms with Gasteiger partial charge in [0.1, 0.15) is 11.5 Å². The van der Waals surface area contributed by atoms with Crippen LogP contribution < -0.4 is 4.74 Å². The molecule has 1 nitrogen and oxygen atoms in total. The molecule has 14 heavy (non-hydrogen) atoms. The molecule has 1 radical (unpaired) electrons. The van der Waals surface area contributed by atoms with Crippen LogP contribution in [0.2, 0.25) is 0 Å². The molecular formula is C13H11O. The van der Waals surface area contributed by atoms with Gasteiger partial charge in [0.25, 0.3) is 0 Å². The first-order valence-corrected chi connectivity index (χ1v) is 4.49. The van der Waals surface area contributed by atoms with Crippen LogP contribution in [0.5, 0.6) is 11.5 Å². The van der Waals surface area contributed by atoms with E-state index in [2.05, 4.69) is 6.92 Å². The number of benzene rings is 2. The average Bonchev–Trinajstić information content (AvgIpc) is 2.23. The zero-order valence-corrected chi connectivity index (χ0v) is 7.81. The Kier molecular flexibility index (Phi) is 2.50. The fourth-order valence-corrected chi connectivity index (χ4v) is 1.18. The molecule has 0 aliphatic heterocycles. The second-order valence-corrected chi connectivity index (χ2v) is 3.06. The van der Waals surface area contributed by atoms with E-state index in [4.69, 9.17) is 4.74 Å². The topological polar surface area (TPSA) is 9.23 Å². The number of para-hydroxylation sites is 1. The van der Waals surface area contributed by atoms with Gasteiger partial charge in [0.05, 0.1) is 0 Å². The summed E-state index contributed by atoms with van der Waals surface area (Å²) in [6, 6.07) is 17.4. The van der Waals surface area contributed by atoms with Crippen molar-refractivity contribution in [3.05, 3.63) is 67.1 Å². The Morgan fingerprint density at radius 3 is 1.93 bits per heavy atom. The first-order chi connectivity index (χ1) is 6.84. The van der Waals surface area contributed by atoms with Gasteiger partial charge in [0, 0.05) is 0 Å². The molecule has 2 rings (SSSR count). The van der Waals surface area contributed by atoms with E-state index in [1.165, 1.54) is 0 Å². The summed E-state index contributed by atoms with van der Waals surface area (Å²) in [4.78, 5) is 0. The predicted octanol–water partition coefficient (Wildman–Crippen LogP) is 3.66. The highest BCUT2D eigenvalue weighted by Crippen LogP contribution is 2.20. The van der Waals surface area contributed by atoms with Gasteiger partial charge in [-0.2, -0.15) is 0 Å². The standard InChI is InChI=1S/C13H11O/c1-11-7-9-13(10-8-11)14-12-5-3-2-4-6-12/h2-10H,1H2. The highest BCUT2D eigenvalue weighted by molar-refractivity contribution is 5.33. The van der Waals surface area contributed by atoms with E-state index >= 15 is 0 Å². The molecule has 0 bridgehead atoms. The van der Waals surface area contributed by atoms with Crippen LogP contribution in [0.3, 0.4) is 0 Å². The van der Waals surface area contributed by atoms with Gasteiger partial charge in [-0.05, 0) is 36.8 Å². The van der Waals surface area contributed by atoms with Crippen molar-refractivity contribution >= 4 is 0 Å². The number of hydrogen-bond acceptors (Lipinski definition) is 1. The number of ether oxygens (including phenoxy) is 1. The lowest BCUT2D eigenvalue weighted by Crippen LogP contribution is -1.82. The molecular weight excluding hydrogens is 172 g/mol. The molecule has 0 saturated carbocycles. The van der Waals surface area contributed by atoms with Gasteiger partial charge in [-0.1, -0.05) is 30.3 Å². The van der Waals surface area contributed by atoms with Crippen LogP contribution in [0, 0.1) is 6.92 Å². The van der Waals surface area contributed by atoms with E-state index in [-0.39, 0.29) is 0 Å². The summed E-state index contributed by atoms with van der Waals surface area (Å²) >= 11 is 0. The maximum absolute atomic E-state index is 5.61. The molecule has 0 saturated heterocycles. The molecule has 0 aliphatic rings. The van der Waals surface area contributed by atoms with Gasteiger partial charge in [-0.15, -0.1) is 0 Å². The van der Waals surface area contributed by atoms with E-state index in [0.717, 1.165) is 17.1 Å². The molecule has 1 heteroatoms. The minimum atomic E-state index is 0.837. The Morgan fingerprint density at radius 2 is 1.29 bits per heavy atom. The van der Waals surface area contributed by atoms with E-state index in [1.807, 2.05) is 54.6 Å². The molecule has 0 aliphatic carbocycles. The van der Waals surface area contributed by atoms with Crippen LogP contribution in [-0.4, -0.2) is 0 Å². The average molecular weight is 183 g/mol. The summed E-state index contributed by atoms with van der Waals surface area (Å²) in [6.07, 6.45) is 0. The summed E-state index contributed by atoms with van der Waals surface area (Å²) < 4.78 is 5.61. The summed E-state index contributed by atoms with van der Waals surface area (Å²) in [5, 5.41) is 0. The SMILES string of the molecule is [CH2]c1ccc(Oc2ccccc2)cc1. The first kappa shape index (κ1) is 8.82. The highest BCUT2D eigenvalue weighted by atomic mass is 16.5. The van der Waals surface area contributed by atoms with Crippen molar-refractivity contribution < 1.29 is 4.74 Å². The van der Waals surface area contributed by atoms with Crippen molar-refractivity contribution in [3.8, 4) is 11.5 Å². The van der Waals surface area contributed by atoms with E-state index in [9.17, 15) is 0 Å². The Hall–Kier alpha value is -1.76. The third kappa shape index (κ3) is 2.13. The van der Waals surface area contributed by atoms with Crippen LogP contribution >= 0.6 is 0 Å². The Bertz CT molecular complexity index is 389. The van der Waals surface area contributed by atoms with Crippen molar-refractivity contribution in [2.24, 2.45) is 0 Å². The third-order valence-corrected chi connectivity index (χ3v) is 1.90.